The summed E-state index contributed by atoms with van der Waals surface area (Å²) in [5.41, 5.74) is 2.42. The molecule has 7 nitrogen and oxygen atoms in total. The van der Waals surface area contributed by atoms with Gasteiger partial charge in [-0.15, -0.1) is 0 Å². The zero-order valence-electron chi connectivity index (χ0n) is 18.8. The third kappa shape index (κ3) is 3.47. The number of carbonyl (C=O) groups excluding carboxylic acids is 1. The van der Waals surface area contributed by atoms with E-state index < -0.39 is 0 Å². The van der Waals surface area contributed by atoms with Gasteiger partial charge in [-0.25, -0.2) is 0 Å². The Kier molecular flexibility index (Phi) is 5.45. The standard InChI is InChI=1S/C26H21BrN4O3/c1-29(17-10-8-16(27)9-11-17)25(32)23-22-20-6-4-5-7-21(20)30(2)24(22)26(33)31(28-23)18-12-14-19(34-3)15-13-18/h4-15H,1-3H3. The normalized spacial score (nSPS) is 11.2. The van der Waals surface area contributed by atoms with E-state index in [9.17, 15) is 9.59 Å². The van der Waals surface area contributed by atoms with E-state index >= 15 is 0 Å². The van der Waals surface area contributed by atoms with Crippen molar-refractivity contribution in [2.75, 3.05) is 19.1 Å². The van der Waals surface area contributed by atoms with Crippen LogP contribution in [0.2, 0.25) is 0 Å². The van der Waals surface area contributed by atoms with Gasteiger partial charge in [-0.2, -0.15) is 9.78 Å². The number of para-hydroxylation sites is 1. The van der Waals surface area contributed by atoms with Crippen molar-refractivity contribution in [1.29, 1.82) is 0 Å². The molecule has 5 rings (SSSR count). The summed E-state index contributed by atoms with van der Waals surface area (Å²) >= 11 is 3.43. The van der Waals surface area contributed by atoms with Crippen molar-refractivity contribution in [2.45, 2.75) is 0 Å². The fourth-order valence-corrected chi connectivity index (χ4v) is 4.43. The number of fused-ring (bicyclic) bond motifs is 3. The second kappa shape index (κ2) is 8.46. The van der Waals surface area contributed by atoms with Gasteiger partial charge in [-0.3, -0.25) is 9.59 Å². The number of aryl methyl sites for hydroxylation is 1. The topological polar surface area (TPSA) is 69.4 Å². The Morgan fingerprint density at radius 1 is 1.00 bits per heavy atom. The summed E-state index contributed by atoms with van der Waals surface area (Å²) < 4.78 is 9.26. The Labute approximate surface area is 203 Å². The molecule has 0 N–H and O–H groups in total. The third-order valence-corrected chi connectivity index (χ3v) is 6.51. The molecule has 0 atom stereocenters. The molecular formula is C26H21BrN4O3. The number of halogens is 1. The highest BCUT2D eigenvalue weighted by Crippen LogP contribution is 2.30. The van der Waals surface area contributed by atoms with Crippen molar-refractivity contribution < 1.29 is 9.53 Å². The lowest BCUT2D eigenvalue weighted by molar-refractivity contribution is 0.0988. The average molecular weight is 517 g/mol. The summed E-state index contributed by atoms with van der Waals surface area (Å²) in [4.78, 5) is 29.0. The van der Waals surface area contributed by atoms with Gasteiger partial charge in [-0.05, 0) is 54.6 Å². The average Bonchev–Trinajstić information content (AvgIpc) is 3.17. The summed E-state index contributed by atoms with van der Waals surface area (Å²) in [6.07, 6.45) is 0. The fourth-order valence-electron chi connectivity index (χ4n) is 4.17. The molecule has 5 aromatic rings. The van der Waals surface area contributed by atoms with Gasteiger partial charge in [0.05, 0.1) is 12.8 Å². The van der Waals surface area contributed by atoms with Crippen molar-refractivity contribution >= 4 is 49.3 Å². The molecule has 3 aromatic carbocycles. The molecule has 0 saturated carbocycles. The summed E-state index contributed by atoms with van der Waals surface area (Å²) in [5, 5.41) is 5.95. The maximum atomic E-state index is 13.8. The highest BCUT2D eigenvalue weighted by Gasteiger charge is 2.26. The second-order valence-corrected chi connectivity index (χ2v) is 8.82. The van der Waals surface area contributed by atoms with Crippen LogP contribution >= 0.6 is 15.9 Å². The monoisotopic (exact) mass is 516 g/mol. The molecule has 0 aliphatic heterocycles. The summed E-state index contributed by atoms with van der Waals surface area (Å²) in [6.45, 7) is 0. The first-order valence-corrected chi connectivity index (χ1v) is 11.4. The molecule has 0 saturated heterocycles. The first-order valence-electron chi connectivity index (χ1n) is 10.6. The molecule has 0 aliphatic carbocycles. The number of carbonyl (C=O) groups is 1. The van der Waals surface area contributed by atoms with E-state index in [2.05, 4.69) is 21.0 Å². The van der Waals surface area contributed by atoms with Crippen LogP contribution in [0.3, 0.4) is 0 Å². The number of nitrogens with zero attached hydrogens (tertiary/aromatic N) is 4. The van der Waals surface area contributed by atoms with Crippen LogP contribution in [0.25, 0.3) is 27.5 Å². The Morgan fingerprint density at radius 2 is 1.68 bits per heavy atom. The predicted octanol–water partition coefficient (Wildman–Crippen LogP) is 4.93. The lowest BCUT2D eigenvalue weighted by Crippen LogP contribution is -2.31. The zero-order chi connectivity index (χ0) is 24.0. The summed E-state index contributed by atoms with van der Waals surface area (Å²) in [5.74, 6) is 0.347. The summed E-state index contributed by atoms with van der Waals surface area (Å²) in [6, 6.07) is 22.1. The molecule has 1 amide bonds. The Morgan fingerprint density at radius 3 is 2.35 bits per heavy atom. The lowest BCUT2D eigenvalue weighted by Gasteiger charge is -2.18. The molecule has 0 spiro atoms. The fraction of sp³-hybridized carbons (Fsp3) is 0.115. The Bertz CT molecular complexity index is 1600. The second-order valence-electron chi connectivity index (χ2n) is 7.90. The molecule has 0 radical (unpaired) electrons. The van der Waals surface area contributed by atoms with Crippen molar-refractivity contribution in [1.82, 2.24) is 14.3 Å². The van der Waals surface area contributed by atoms with E-state index in [0.717, 1.165) is 15.4 Å². The number of amides is 1. The Balaban J connectivity index is 1.80. The molecule has 0 unspecified atom stereocenters. The molecule has 2 heterocycles. The van der Waals surface area contributed by atoms with E-state index in [0.29, 0.717) is 28.0 Å². The number of anilines is 1. The SMILES string of the molecule is COc1ccc(-n2nc(C(=O)N(C)c3ccc(Br)cc3)c3c4ccccc4n(C)c3c2=O)cc1. The number of benzene rings is 3. The van der Waals surface area contributed by atoms with Crippen LogP contribution in [0.1, 0.15) is 10.5 Å². The van der Waals surface area contributed by atoms with Crippen molar-refractivity contribution in [2.24, 2.45) is 7.05 Å². The first kappa shape index (κ1) is 21.9. The van der Waals surface area contributed by atoms with E-state index in [4.69, 9.17) is 4.74 Å². The maximum absolute atomic E-state index is 13.8. The maximum Gasteiger partial charge on any atom is 0.296 e. The van der Waals surface area contributed by atoms with Gasteiger partial charge in [0.25, 0.3) is 11.5 Å². The van der Waals surface area contributed by atoms with Crippen molar-refractivity contribution in [3.05, 3.63) is 93.3 Å². The molecule has 0 aliphatic rings. The molecule has 170 valence electrons. The molecule has 2 aromatic heterocycles. The largest absolute Gasteiger partial charge is 0.497 e. The molecular weight excluding hydrogens is 496 g/mol. The number of aromatic nitrogens is 3. The van der Waals surface area contributed by atoms with Crippen LogP contribution < -0.4 is 15.2 Å². The zero-order valence-corrected chi connectivity index (χ0v) is 20.4. The minimum absolute atomic E-state index is 0.202. The van der Waals surface area contributed by atoms with Crippen LogP contribution in [0.4, 0.5) is 5.69 Å². The van der Waals surface area contributed by atoms with Crippen LogP contribution in [-0.4, -0.2) is 34.4 Å². The first-order chi connectivity index (χ1) is 16.4. The number of methoxy groups -OCH3 is 1. The van der Waals surface area contributed by atoms with Gasteiger partial charge in [0.15, 0.2) is 5.69 Å². The van der Waals surface area contributed by atoms with Crippen LogP contribution in [0, 0.1) is 0 Å². The highest BCUT2D eigenvalue weighted by molar-refractivity contribution is 9.10. The minimum atomic E-state index is -0.314. The van der Waals surface area contributed by atoms with Crippen LogP contribution in [-0.2, 0) is 7.05 Å². The highest BCUT2D eigenvalue weighted by atomic mass is 79.9. The van der Waals surface area contributed by atoms with Gasteiger partial charge in [0.2, 0.25) is 0 Å². The summed E-state index contributed by atoms with van der Waals surface area (Å²) in [7, 11) is 5.11. The quantitative estimate of drug-likeness (QED) is 0.339. The molecule has 0 bridgehead atoms. The van der Waals surface area contributed by atoms with Gasteiger partial charge in [-0.1, -0.05) is 34.1 Å². The van der Waals surface area contributed by atoms with Gasteiger partial charge < -0.3 is 14.2 Å². The van der Waals surface area contributed by atoms with Crippen LogP contribution in [0.15, 0.2) is 82.1 Å². The third-order valence-electron chi connectivity index (χ3n) is 5.98. The van der Waals surface area contributed by atoms with Gasteiger partial charge in [0.1, 0.15) is 11.3 Å². The van der Waals surface area contributed by atoms with Gasteiger partial charge >= 0.3 is 0 Å². The van der Waals surface area contributed by atoms with E-state index in [1.165, 1.54) is 4.68 Å². The molecule has 0 fully saturated rings. The number of rotatable bonds is 4. The molecule has 34 heavy (non-hydrogen) atoms. The van der Waals surface area contributed by atoms with E-state index in [1.54, 1.807) is 43.3 Å². The smallest absolute Gasteiger partial charge is 0.296 e. The minimum Gasteiger partial charge on any atom is -0.497 e. The van der Waals surface area contributed by atoms with Crippen molar-refractivity contribution in [3.63, 3.8) is 0 Å². The van der Waals surface area contributed by atoms with Gasteiger partial charge in [0, 0.05) is 40.5 Å². The van der Waals surface area contributed by atoms with E-state index in [-0.39, 0.29) is 17.2 Å². The molecule has 8 heteroatoms. The van der Waals surface area contributed by atoms with Crippen molar-refractivity contribution in [3.8, 4) is 11.4 Å². The lowest BCUT2D eigenvalue weighted by atomic mass is 10.1. The number of ether oxygens (including phenoxy) is 1. The number of hydrogen-bond donors (Lipinski definition) is 0. The van der Waals surface area contributed by atoms with E-state index in [1.807, 2.05) is 60.1 Å². The number of hydrogen-bond acceptors (Lipinski definition) is 4. The van der Waals surface area contributed by atoms with Crippen LogP contribution in [0.5, 0.6) is 5.75 Å². The Hall–Kier alpha value is -3.91. The predicted molar refractivity (Wildman–Crippen MR) is 137 cm³/mol.